The minimum atomic E-state index is -1.92. The summed E-state index contributed by atoms with van der Waals surface area (Å²) >= 11 is 6.81. The summed E-state index contributed by atoms with van der Waals surface area (Å²) in [5, 5.41) is 15.5. The van der Waals surface area contributed by atoms with Gasteiger partial charge in [-0.15, -0.1) is 0 Å². The second-order valence-electron chi connectivity index (χ2n) is 7.05. The van der Waals surface area contributed by atoms with Crippen molar-refractivity contribution in [1.29, 1.82) is 0 Å². The van der Waals surface area contributed by atoms with E-state index in [0.29, 0.717) is 31.4 Å². The minimum Gasteiger partial charge on any atom is -0.480 e. The average molecular weight is 590 g/mol. The molecule has 0 atom stereocenters. The molecule has 1 amide bonds. The first-order chi connectivity index (χ1) is 16.4. The summed E-state index contributed by atoms with van der Waals surface area (Å²) in [6.45, 7) is 1.76. The highest BCUT2D eigenvalue weighted by atomic mass is 79.9. The summed E-state index contributed by atoms with van der Waals surface area (Å²) in [7, 11) is 0. The molecule has 0 fully saturated rings. The third-order valence-electron chi connectivity index (χ3n) is 4.75. The molecule has 0 aliphatic rings. The van der Waals surface area contributed by atoms with Crippen molar-refractivity contribution in [2.75, 3.05) is 13.2 Å². The van der Waals surface area contributed by atoms with Gasteiger partial charge in [-0.05, 0) is 67.6 Å². The van der Waals surface area contributed by atoms with Crippen LogP contribution in [0.3, 0.4) is 0 Å². The van der Waals surface area contributed by atoms with Crippen molar-refractivity contribution in [2.45, 2.75) is 12.5 Å². The minimum absolute atomic E-state index is 0.230. The fourth-order valence-corrected chi connectivity index (χ4v) is 4.61. The van der Waals surface area contributed by atoms with Crippen LogP contribution in [0.4, 0.5) is 0 Å². The maximum absolute atomic E-state index is 13.1. The van der Waals surface area contributed by atoms with Gasteiger partial charge >= 0.3 is 5.97 Å². The van der Waals surface area contributed by atoms with Gasteiger partial charge in [-0.3, -0.25) is 4.79 Å². The van der Waals surface area contributed by atoms with Gasteiger partial charge in [0.25, 0.3) is 5.91 Å². The Kier molecular flexibility index (Phi) is 8.98. The lowest BCUT2D eigenvalue weighted by molar-refractivity contribution is -0.145. The van der Waals surface area contributed by atoms with Crippen molar-refractivity contribution < 1.29 is 24.2 Å². The largest absolute Gasteiger partial charge is 0.480 e. The van der Waals surface area contributed by atoms with Crippen LogP contribution >= 0.6 is 31.9 Å². The van der Waals surface area contributed by atoms with Gasteiger partial charge in [0, 0.05) is 0 Å². The summed E-state index contributed by atoms with van der Waals surface area (Å²) < 4.78 is 11.5. The number of benzene rings is 3. The van der Waals surface area contributed by atoms with Crippen LogP contribution in [0.2, 0.25) is 0 Å². The van der Waals surface area contributed by atoms with E-state index < -0.39 is 17.5 Å². The van der Waals surface area contributed by atoms with Crippen LogP contribution < -0.4 is 10.2 Å². The zero-order valence-electron chi connectivity index (χ0n) is 18.2. The number of rotatable bonds is 9. The first kappa shape index (κ1) is 25.6. The highest BCUT2D eigenvalue weighted by Crippen LogP contribution is 2.34. The lowest BCUT2D eigenvalue weighted by atomic mass is 9.85. The molecule has 3 aromatic carbocycles. The first-order valence-electron chi connectivity index (χ1n) is 10.3. The Labute approximate surface area is 214 Å². The molecule has 0 unspecified atom stereocenters. The summed E-state index contributed by atoms with van der Waals surface area (Å²) in [5.41, 5.74) is 1.98. The molecular weight excluding hydrogens is 568 g/mol. The van der Waals surface area contributed by atoms with E-state index in [-0.39, 0.29) is 13.2 Å². The number of esters is 1. The number of halogens is 2. The zero-order chi connectivity index (χ0) is 24.6. The number of aliphatic hydroxyl groups is 1. The fraction of sp³-hybridized carbons (Fsp3) is 0.160. The van der Waals surface area contributed by atoms with Crippen LogP contribution in [0.1, 0.15) is 23.6 Å². The van der Waals surface area contributed by atoms with Crippen LogP contribution in [0.15, 0.2) is 86.8 Å². The van der Waals surface area contributed by atoms with E-state index in [1.165, 1.54) is 6.21 Å². The number of hydrogen-bond donors (Lipinski definition) is 2. The van der Waals surface area contributed by atoms with Gasteiger partial charge in [-0.2, -0.15) is 5.10 Å². The standard InChI is InChI=1S/C25H22Br2N2O5/c1-2-33-22(30)16-34-23-20(26)13-17(14-21(23)27)15-28-29-24(31)25(32,18-9-5-3-6-10-18)19-11-7-4-8-12-19/h3-15,32H,2,16H2,1H3,(H,29,31)/b28-15+. The van der Waals surface area contributed by atoms with Crippen LogP contribution in [-0.4, -0.2) is 36.4 Å². The van der Waals surface area contributed by atoms with Crippen molar-refractivity contribution in [1.82, 2.24) is 5.43 Å². The molecule has 0 spiro atoms. The predicted molar refractivity (Wildman–Crippen MR) is 136 cm³/mol. The molecule has 34 heavy (non-hydrogen) atoms. The van der Waals surface area contributed by atoms with Crippen LogP contribution in [0, 0.1) is 0 Å². The molecular formula is C25H22Br2N2O5. The fourth-order valence-electron chi connectivity index (χ4n) is 3.16. The van der Waals surface area contributed by atoms with E-state index in [1.807, 2.05) is 0 Å². The summed E-state index contributed by atoms with van der Waals surface area (Å²) in [6, 6.07) is 20.8. The van der Waals surface area contributed by atoms with E-state index in [2.05, 4.69) is 42.4 Å². The van der Waals surface area contributed by atoms with E-state index in [4.69, 9.17) is 9.47 Å². The Morgan fingerprint density at radius 2 is 1.53 bits per heavy atom. The van der Waals surface area contributed by atoms with E-state index in [9.17, 15) is 14.7 Å². The van der Waals surface area contributed by atoms with Gasteiger partial charge in [0.05, 0.1) is 21.8 Å². The summed E-state index contributed by atoms with van der Waals surface area (Å²) in [6.07, 6.45) is 1.43. The normalized spacial score (nSPS) is 11.3. The molecule has 0 radical (unpaired) electrons. The van der Waals surface area contributed by atoms with Crippen molar-refractivity contribution in [2.24, 2.45) is 5.10 Å². The Morgan fingerprint density at radius 1 is 1.00 bits per heavy atom. The Morgan fingerprint density at radius 3 is 2.03 bits per heavy atom. The smallest absolute Gasteiger partial charge is 0.344 e. The lowest BCUT2D eigenvalue weighted by Crippen LogP contribution is -2.43. The van der Waals surface area contributed by atoms with Crippen molar-refractivity contribution in [3.63, 3.8) is 0 Å². The van der Waals surface area contributed by atoms with Gasteiger partial charge in [0.15, 0.2) is 12.2 Å². The molecule has 176 valence electrons. The quantitative estimate of drug-likeness (QED) is 0.217. The molecule has 0 aliphatic carbocycles. The topological polar surface area (TPSA) is 97.2 Å². The number of nitrogens with zero attached hydrogens (tertiary/aromatic N) is 1. The molecule has 2 N–H and O–H groups in total. The van der Waals surface area contributed by atoms with Crippen molar-refractivity contribution >= 4 is 50.0 Å². The third-order valence-corrected chi connectivity index (χ3v) is 5.93. The summed E-state index contributed by atoms with van der Waals surface area (Å²) in [5.74, 6) is -0.746. The van der Waals surface area contributed by atoms with Gasteiger partial charge in [0.2, 0.25) is 0 Å². The second kappa shape index (κ2) is 11.9. The van der Waals surface area contributed by atoms with Gasteiger partial charge in [-0.25, -0.2) is 10.2 Å². The van der Waals surface area contributed by atoms with Crippen LogP contribution in [0.25, 0.3) is 0 Å². The van der Waals surface area contributed by atoms with Gasteiger partial charge in [0.1, 0.15) is 5.75 Å². The molecule has 3 aromatic rings. The molecule has 3 rings (SSSR count). The van der Waals surface area contributed by atoms with Gasteiger partial charge < -0.3 is 14.6 Å². The predicted octanol–water partition coefficient (Wildman–Crippen LogP) is 4.54. The molecule has 0 aromatic heterocycles. The molecule has 0 aliphatic heterocycles. The molecule has 0 saturated heterocycles. The number of ether oxygens (including phenoxy) is 2. The number of carbonyl (C=O) groups excluding carboxylic acids is 2. The van der Waals surface area contributed by atoms with E-state index in [1.54, 1.807) is 79.7 Å². The average Bonchev–Trinajstić information content (AvgIpc) is 2.84. The highest BCUT2D eigenvalue weighted by molar-refractivity contribution is 9.11. The Bertz CT molecular complexity index is 1110. The highest BCUT2D eigenvalue weighted by Gasteiger charge is 2.39. The molecule has 9 heteroatoms. The monoisotopic (exact) mass is 588 g/mol. The Hall–Kier alpha value is -3.01. The van der Waals surface area contributed by atoms with Crippen LogP contribution in [-0.2, 0) is 19.9 Å². The SMILES string of the molecule is CCOC(=O)COc1c(Br)cc(/C=N/NC(=O)C(O)(c2ccccc2)c2ccccc2)cc1Br. The lowest BCUT2D eigenvalue weighted by Gasteiger charge is -2.27. The molecule has 0 heterocycles. The van der Waals surface area contributed by atoms with Crippen molar-refractivity contribution in [3.05, 3.63) is 98.4 Å². The third kappa shape index (κ3) is 6.11. The van der Waals surface area contributed by atoms with E-state index >= 15 is 0 Å². The maximum atomic E-state index is 13.1. The molecule has 0 saturated carbocycles. The number of amides is 1. The zero-order valence-corrected chi connectivity index (χ0v) is 21.4. The first-order valence-corrected chi connectivity index (χ1v) is 11.9. The molecule has 7 nitrogen and oxygen atoms in total. The van der Waals surface area contributed by atoms with Gasteiger partial charge in [-0.1, -0.05) is 60.7 Å². The second-order valence-corrected chi connectivity index (χ2v) is 8.76. The Balaban J connectivity index is 1.77. The summed E-state index contributed by atoms with van der Waals surface area (Å²) in [4.78, 5) is 24.6. The number of hydrazone groups is 1. The van der Waals surface area contributed by atoms with Crippen molar-refractivity contribution in [3.8, 4) is 5.75 Å². The number of carbonyl (C=O) groups is 2. The number of hydrogen-bond acceptors (Lipinski definition) is 6. The molecule has 0 bridgehead atoms. The number of nitrogens with one attached hydrogen (secondary N) is 1. The maximum Gasteiger partial charge on any atom is 0.344 e. The van der Waals surface area contributed by atoms with Crippen LogP contribution in [0.5, 0.6) is 5.75 Å². The van der Waals surface area contributed by atoms with E-state index in [0.717, 1.165) is 0 Å².